The summed E-state index contributed by atoms with van der Waals surface area (Å²) in [6.45, 7) is 3.00. The van der Waals surface area contributed by atoms with Gasteiger partial charge in [-0.25, -0.2) is 18.7 Å². The van der Waals surface area contributed by atoms with Crippen molar-refractivity contribution in [2.45, 2.75) is 63.9 Å². The van der Waals surface area contributed by atoms with Gasteiger partial charge in [0.2, 0.25) is 11.8 Å². The van der Waals surface area contributed by atoms with Gasteiger partial charge in [0.15, 0.2) is 23.3 Å². The highest BCUT2D eigenvalue weighted by Gasteiger charge is 2.43. The summed E-state index contributed by atoms with van der Waals surface area (Å²) in [5.41, 5.74) is -1.59. The first-order chi connectivity index (χ1) is 28.9. The van der Waals surface area contributed by atoms with Crippen molar-refractivity contribution in [1.82, 2.24) is 19.8 Å². The lowest BCUT2D eigenvalue weighted by Crippen LogP contribution is -2.62. The van der Waals surface area contributed by atoms with Gasteiger partial charge in [-0.2, -0.15) is 26.3 Å². The summed E-state index contributed by atoms with van der Waals surface area (Å²) >= 11 is 11.4. The molecule has 2 aromatic carbocycles. The predicted molar refractivity (Wildman–Crippen MR) is 207 cm³/mol. The Balaban J connectivity index is 0.000000236. The number of pyridine rings is 2. The molecule has 2 unspecified atom stereocenters. The molecule has 2 fully saturated rings. The number of alkyl halides is 6. The van der Waals surface area contributed by atoms with Crippen molar-refractivity contribution >= 4 is 58.5 Å². The average Bonchev–Trinajstić information content (AvgIpc) is 3.17. The molecule has 22 heteroatoms. The lowest BCUT2D eigenvalue weighted by molar-refractivity contribution is -0.148. The van der Waals surface area contributed by atoms with Gasteiger partial charge in [0.25, 0.3) is 11.8 Å². The molecule has 2 saturated heterocycles. The predicted octanol–water partition coefficient (Wildman–Crippen LogP) is 7.08. The highest BCUT2D eigenvalue weighted by atomic mass is 35.5. The second kappa shape index (κ2) is 18.9. The van der Waals surface area contributed by atoms with Crippen molar-refractivity contribution in [3.63, 3.8) is 0 Å². The largest absolute Gasteiger partial charge is 0.416 e. The molecule has 6 rings (SSSR count). The molecule has 0 saturated carbocycles. The van der Waals surface area contributed by atoms with Gasteiger partial charge < -0.3 is 19.6 Å². The second-order valence-electron chi connectivity index (χ2n) is 14.8. The molecule has 0 aliphatic carbocycles. The number of aliphatic hydroxyl groups is 1. The third kappa shape index (κ3) is 11.5. The zero-order valence-corrected chi connectivity index (χ0v) is 34.3. The van der Waals surface area contributed by atoms with E-state index < -0.39 is 102 Å². The van der Waals surface area contributed by atoms with Gasteiger partial charge in [-0.15, -0.1) is 0 Å². The van der Waals surface area contributed by atoms with Gasteiger partial charge in [0, 0.05) is 25.5 Å². The Morgan fingerprint density at radius 3 is 1.37 bits per heavy atom. The summed E-state index contributed by atoms with van der Waals surface area (Å²) in [5.74, 6) is -5.07. The number of carbonyl (C=O) groups is 4. The van der Waals surface area contributed by atoms with E-state index in [9.17, 15) is 59.4 Å². The van der Waals surface area contributed by atoms with Crippen LogP contribution in [0.4, 0.5) is 46.8 Å². The SMILES string of the molecule is CC(C)(C)OCC1C(=O)N(c2ncc(Cl)cc2F)CC(=O)N1Cc1ccc(C(F)(F)F)cc1.O=C1C(CO)N(Cc2ccc(C(F)(F)F)cc2)C(=O)CN1c1ncc(Cl)cc1F. The molecule has 332 valence electrons. The molecule has 2 atom stereocenters. The van der Waals surface area contributed by atoms with Gasteiger partial charge in [-0.3, -0.25) is 29.0 Å². The van der Waals surface area contributed by atoms with Crippen LogP contribution in [0.3, 0.4) is 0 Å². The fourth-order valence-corrected chi connectivity index (χ4v) is 6.50. The molecule has 12 nitrogen and oxygen atoms in total. The first-order valence-corrected chi connectivity index (χ1v) is 19.0. The van der Waals surface area contributed by atoms with Crippen LogP contribution in [0.15, 0.2) is 73.1 Å². The molecule has 0 bridgehead atoms. The van der Waals surface area contributed by atoms with Crippen molar-refractivity contribution in [2.24, 2.45) is 0 Å². The highest BCUT2D eigenvalue weighted by Crippen LogP contribution is 2.32. The number of halogens is 10. The molecule has 62 heavy (non-hydrogen) atoms. The zero-order valence-electron chi connectivity index (χ0n) is 32.8. The summed E-state index contributed by atoms with van der Waals surface area (Å²) in [6, 6.07) is 7.84. The Morgan fingerprint density at radius 2 is 1.03 bits per heavy atom. The molecule has 2 aliphatic rings. The van der Waals surface area contributed by atoms with Gasteiger partial charge >= 0.3 is 12.4 Å². The number of ether oxygens (including phenoxy) is 1. The van der Waals surface area contributed by atoms with E-state index in [1.54, 1.807) is 20.8 Å². The van der Waals surface area contributed by atoms with Gasteiger partial charge in [-0.05, 0) is 68.3 Å². The van der Waals surface area contributed by atoms with Crippen molar-refractivity contribution in [2.75, 3.05) is 36.1 Å². The number of aromatic nitrogens is 2. The van der Waals surface area contributed by atoms with Crippen LogP contribution in [-0.2, 0) is 49.4 Å². The van der Waals surface area contributed by atoms with E-state index in [0.717, 1.165) is 63.5 Å². The van der Waals surface area contributed by atoms with E-state index in [0.29, 0.717) is 11.1 Å². The topological polar surface area (TPSA) is 136 Å². The zero-order chi connectivity index (χ0) is 45.9. The Kier molecular flexibility index (Phi) is 14.5. The van der Waals surface area contributed by atoms with Crippen molar-refractivity contribution in [1.29, 1.82) is 0 Å². The normalized spacial score (nSPS) is 17.7. The van der Waals surface area contributed by atoms with E-state index >= 15 is 0 Å². The molecular formula is C40H36Cl2F8N6O6. The molecule has 4 amide bonds. The van der Waals surface area contributed by atoms with Crippen LogP contribution in [0.2, 0.25) is 10.0 Å². The molecular weight excluding hydrogens is 883 g/mol. The number of amides is 4. The van der Waals surface area contributed by atoms with Gasteiger partial charge in [-0.1, -0.05) is 47.5 Å². The molecule has 0 spiro atoms. The summed E-state index contributed by atoms with van der Waals surface area (Å²) in [6.07, 6.45) is -6.72. The van der Waals surface area contributed by atoms with Gasteiger partial charge in [0.05, 0.1) is 40.0 Å². The fourth-order valence-electron chi connectivity index (χ4n) is 6.21. The van der Waals surface area contributed by atoms with Crippen LogP contribution < -0.4 is 9.80 Å². The first-order valence-electron chi connectivity index (χ1n) is 18.3. The monoisotopic (exact) mass is 918 g/mol. The van der Waals surface area contributed by atoms with E-state index in [-0.39, 0.29) is 35.6 Å². The van der Waals surface area contributed by atoms with Crippen LogP contribution >= 0.6 is 23.2 Å². The Hall–Kier alpha value is -5.44. The van der Waals surface area contributed by atoms with Crippen LogP contribution in [-0.4, -0.2) is 92.5 Å². The summed E-state index contributed by atoms with van der Waals surface area (Å²) in [7, 11) is 0. The van der Waals surface area contributed by atoms with E-state index in [4.69, 9.17) is 27.9 Å². The smallest absolute Gasteiger partial charge is 0.394 e. The number of hydrogen-bond acceptors (Lipinski definition) is 8. The Labute approximate surface area is 358 Å². The molecule has 4 aromatic rings. The van der Waals surface area contributed by atoms with Crippen LogP contribution in [0.1, 0.15) is 43.0 Å². The number of carbonyl (C=O) groups excluding carboxylic acids is 4. The molecule has 2 aromatic heterocycles. The number of piperazine rings is 2. The third-order valence-electron chi connectivity index (χ3n) is 9.29. The number of rotatable bonds is 9. The Bertz CT molecular complexity index is 2300. The number of hydrogen-bond donors (Lipinski definition) is 1. The van der Waals surface area contributed by atoms with Crippen LogP contribution in [0, 0.1) is 11.6 Å². The second-order valence-corrected chi connectivity index (χ2v) is 15.7. The standard InChI is InChI=1S/C22H22ClF4N3O3.C18H14ClF4N3O3/c1-21(2,3)33-12-17-20(32)30(19-16(24)8-15(23)9-28-19)11-18(31)29(17)10-13-4-6-14(7-5-13)22(25,26)27;19-12-5-13(20)16(24-6-12)26-8-15(28)25(14(9-27)17(26)29)7-10-1-3-11(4-2-10)18(21,22)23/h4-9,17H,10-12H2,1-3H3;1-6,14,27H,7-9H2. The summed E-state index contributed by atoms with van der Waals surface area (Å²) < 4.78 is 111. The molecule has 1 N–H and O–H groups in total. The molecule has 4 heterocycles. The van der Waals surface area contributed by atoms with Crippen molar-refractivity contribution in [3.8, 4) is 0 Å². The van der Waals surface area contributed by atoms with E-state index in [1.807, 2.05) is 0 Å². The van der Waals surface area contributed by atoms with Gasteiger partial charge in [0.1, 0.15) is 25.2 Å². The van der Waals surface area contributed by atoms with Crippen molar-refractivity contribution in [3.05, 3.63) is 117 Å². The quantitative estimate of drug-likeness (QED) is 0.176. The lowest BCUT2D eigenvalue weighted by Gasteiger charge is -2.40. The summed E-state index contributed by atoms with van der Waals surface area (Å²) in [5, 5.41) is 9.67. The third-order valence-corrected chi connectivity index (χ3v) is 9.70. The number of aliphatic hydroxyl groups excluding tert-OH is 1. The summed E-state index contributed by atoms with van der Waals surface area (Å²) in [4.78, 5) is 63.1. The minimum Gasteiger partial charge on any atom is -0.394 e. The fraction of sp³-hybridized carbons (Fsp3) is 0.350. The lowest BCUT2D eigenvalue weighted by atomic mass is 10.1. The molecule has 0 radical (unpaired) electrons. The number of anilines is 2. The maximum atomic E-state index is 14.4. The highest BCUT2D eigenvalue weighted by molar-refractivity contribution is 6.30. The van der Waals surface area contributed by atoms with E-state index in [1.165, 1.54) is 29.2 Å². The van der Waals surface area contributed by atoms with Crippen molar-refractivity contribution < 1.29 is 64.1 Å². The number of benzene rings is 2. The van der Waals surface area contributed by atoms with E-state index in [2.05, 4.69) is 9.97 Å². The average molecular weight is 920 g/mol. The molecule has 2 aliphatic heterocycles. The maximum absolute atomic E-state index is 14.4. The number of nitrogens with zero attached hydrogens (tertiary/aromatic N) is 6. The van der Waals surface area contributed by atoms with Crippen LogP contribution in [0.25, 0.3) is 0 Å². The Morgan fingerprint density at radius 1 is 0.661 bits per heavy atom. The van der Waals surface area contributed by atoms with Crippen LogP contribution in [0.5, 0.6) is 0 Å². The minimum absolute atomic E-state index is 0.00433. The minimum atomic E-state index is -4.50. The first kappa shape index (κ1) is 47.6. The maximum Gasteiger partial charge on any atom is 0.416 e.